The van der Waals surface area contributed by atoms with Crippen LogP contribution >= 0.6 is 0 Å². The lowest BCUT2D eigenvalue weighted by Gasteiger charge is -2.34. The van der Waals surface area contributed by atoms with Crippen LogP contribution in [0.1, 0.15) is 61.2 Å². The Balaban J connectivity index is 1.44. The summed E-state index contributed by atoms with van der Waals surface area (Å²) in [5.41, 5.74) is 2.33. The standard InChI is InChI=1S/C17H25N5O/c1-12-9-13(2)22(20-12)10-15-5-3-4-8-21(15)11-16-18-19-17(23-16)14-6-7-14/h9,14-15H,3-8,10-11H2,1-2H3/t15-/m0/s1. The van der Waals surface area contributed by atoms with Crippen LogP contribution in [-0.2, 0) is 13.1 Å². The molecule has 6 heteroatoms. The van der Waals surface area contributed by atoms with Gasteiger partial charge in [0.1, 0.15) is 0 Å². The van der Waals surface area contributed by atoms with Gasteiger partial charge in [-0.25, -0.2) is 0 Å². The van der Waals surface area contributed by atoms with Crippen LogP contribution in [0.25, 0.3) is 0 Å². The van der Waals surface area contributed by atoms with Crippen LogP contribution in [0.4, 0.5) is 0 Å². The Hall–Kier alpha value is -1.69. The minimum atomic E-state index is 0.498. The fourth-order valence-corrected chi connectivity index (χ4v) is 3.53. The first-order valence-corrected chi connectivity index (χ1v) is 8.76. The summed E-state index contributed by atoms with van der Waals surface area (Å²) in [5, 5.41) is 13.1. The smallest absolute Gasteiger partial charge is 0.230 e. The molecule has 2 aromatic heterocycles. The van der Waals surface area contributed by atoms with Crippen LogP contribution in [0, 0.1) is 13.8 Å². The summed E-state index contributed by atoms with van der Waals surface area (Å²) in [5.74, 6) is 2.14. The molecule has 0 radical (unpaired) electrons. The van der Waals surface area contributed by atoms with Crippen molar-refractivity contribution in [1.29, 1.82) is 0 Å². The summed E-state index contributed by atoms with van der Waals surface area (Å²) in [6, 6.07) is 2.64. The molecule has 1 atom stereocenters. The molecule has 2 fully saturated rings. The van der Waals surface area contributed by atoms with Crippen molar-refractivity contribution in [1.82, 2.24) is 24.9 Å². The first-order chi connectivity index (χ1) is 11.2. The van der Waals surface area contributed by atoms with E-state index in [-0.39, 0.29) is 0 Å². The van der Waals surface area contributed by atoms with Crippen molar-refractivity contribution in [2.75, 3.05) is 6.54 Å². The van der Waals surface area contributed by atoms with E-state index >= 15 is 0 Å². The van der Waals surface area contributed by atoms with Crippen molar-refractivity contribution in [3.63, 3.8) is 0 Å². The highest BCUT2D eigenvalue weighted by atomic mass is 16.4. The number of rotatable bonds is 5. The van der Waals surface area contributed by atoms with Gasteiger partial charge in [-0.3, -0.25) is 9.58 Å². The van der Waals surface area contributed by atoms with Gasteiger partial charge in [0.15, 0.2) is 0 Å². The third-order valence-corrected chi connectivity index (χ3v) is 4.98. The van der Waals surface area contributed by atoms with E-state index < -0.39 is 0 Å². The predicted octanol–water partition coefficient (Wildman–Crippen LogP) is 2.82. The molecule has 3 heterocycles. The van der Waals surface area contributed by atoms with Crippen LogP contribution in [0.3, 0.4) is 0 Å². The molecule has 2 aliphatic rings. The fraction of sp³-hybridized carbons (Fsp3) is 0.706. The molecular formula is C17H25N5O. The number of likely N-dealkylation sites (tertiary alicyclic amines) is 1. The second-order valence-corrected chi connectivity index (χ2v) is 7.04. The summed E-state index contributed by atoms with van der Waals surface area (Å²) < 4.78 is 7.99. The Labute approximate surface area is 136 Å². The average molecular weight is 315 g/mol. The molecule has 0 spiro atoms. The lowest BCUT2D eigenvalue weighted by Crippen LogP contribution is -2.42. The third-order valence-electron chi connectivity index (χ3n) is 4.98. The average Bonchev–Trinajstić information content (AvgIpc) is 3.20. The van der Waals surface area contributed by atoms with Gasteiger partial charge in [-0.1, -0.05) is 6.42 Å². The normalized spacial score (nSPS) is 22.6. The number of aromatic nitrogens is 4. The quantitative estimate of drug-likeness (QED) is 0.849. The van der Waals surface area contributed by atoms with Crippen LogP contribution in [-0.4, -0.2) is 37.5 Å². The van der Waals surface area contributed by atoms with E-state index in [1.807, 2.05) is 0 Å². The van der Waals surface area contributed by atoms with Crippen molar-refractivity contribution in [3.05, 3.63) is 29.2 Å². The number of aryl methyl sites for hydroxylation is 2. The van der Waals surface area contributed by atoms with Gasteiger partial charge in [-0.15, -0.1) is 10.2 Å². The van der Waals surface area contributed by atoms with Crippen molar-refractivity contribution in [2.24, 2.45) is 0 Å². The Bertz CT molecular complexity index is 672. The maximum absolute atomic E-state index is 5.85. The van der Waals surface area contributed by atoms with Gasteiger partial charge in [0, 0.05) is 17.7 Å². The molecule has 0 N–H and O–H groups in total. The molecule has 4 rings (SSSR count). The molecular weight excluding hydrogens is 290 g/mol. The summed E-state index contributed by atoms with van der Waals surface area (Å²) in [6.07, 6.45) is 6.15. The van der Waals surface area contributed by atoms with Crippen LogP contribution in [0.5, 0.6) is 0 Å². The first-order valence-electron chi connectivity index (χ1n) is 8.76. The minimum Gasteiger partial charge on any atom is -0.424 e. The molecule has 0 amide bonds. The Morgan fingerprint density at radius 3 is 2.78 bits per heavy atom. The number of nitrogens with zero attached hydrogens (tertiary/aromatic N) is 5. The number of hydrogen-bond acceptors (Lipinski definition) is 5. The zero-order valence-corrected chi connectivity index (χ0v) is 14.0. The highest BCUT2D eigenvalue weighted by molar-refractivity contribution is 5.07. The Morgan fingerprint density at radius 2 is 2.04 bits per heavy atom. The molecule has 6 nitrogen and oxygen atoms in total. The van der Waals surface area contributed by atoms with Gasteiger partial charge in [0.25, 0.3) is 0 Å². The highest BCUT2D eigenvalue weighted by Gasteiger charge is 2.30. The molecule has 23 heavy (non-hydrogen) atoms. The van der Waals surface area contributed by atoms with Gasteiger partial charge in [0.2, 0.25) is 11.8 Å². The van der Waals surface area contributed by atoms with Crippen LogP contribution in [0.2, 0.25) is 0 Å². The highest BCUT2D eigenvalue weighted by Crippen LogP contribution is 2.39. The van der Waals surface area contributed by atoms with E-state index in [1.54, 1.807) is 0 Å². The van der Waals surface area contributed by atoms with Gasteiger partial charge < -0.3 is 4.42 Å². The molecule has 124 valence electrons. The van der Waals surface area contributed by atoms with Gasteiger partial charge in [-0.2, -0.15) is 5.10 Å². The minimum absolute atomic E-state index is 0.498. The summed E-state index contributed by atoms with van der Waals surface area (Å²) in [6.45, 7) is 7.01. The molecule has 1 aliphatic heterocycles. The third kappa shape index (κ3) is 3.32. The van der Waals surface area contributed by atoms with Crippen LogP contribution in [0.15, 0.2) is 10.5 Å². The second-order valence-electron chi connectivity index (χ2n) is 7.04. The van der Waals surface area contributed by atoms with E-state index in [1.165, 1.54) is 37.8 Å². The van der Waals surface area contributed by atoms with Gasteiger partial charge in [-0.05, 0) is 52.1 Å². The van der Waals surface area contributed by atoms with E-state index in [4.69, 9.17) is 4.42 Å². The van der Waals surface area contributed by atoms with Gasteiger partial charge >= 0.3 is 0 Å². The maximum Gasteiger partial charge on any atom is 0.230 e. The molecule has 2 aromatic rings. The van der Waals surface area contributed by atoms with Gasteiger partial charge in [0.05, 0.1) is 18.8 Å². The largest absolute Gasteiger partial charge is 0.424 e. The number of hydrogen-bond donors (Lipinski definition) is 0. The van der Waals surface area contributed by atoms with Crippen molar-refractivity contribution in [3.8, 4) is 0 Å². The van der Waals surface area contributed by atoms with E-state index in [0.29, 0.717) is 12.0 Å². The molecule has 0 unspecified atom stereocenters. The van der Waals surface area contributed by atoms with Crippen LogP contribution < -0.4 is 0 Å². The monoisotopic (exact) mass is 315 g/mol. The molecule has 1 saturated heterocycles. The van der Waals surface area contributed by atoms with Crippen molar-refractivity contribution in [2.45, 2.75) is 71.0 Å². The van der Waals surface area contributed by atoms with E-state index in [9.17, 15) is 0 Å². The first kappa shape index (κ1) is 14.9. The van der Waals surface area contributed by atoms with E-state index in [2.05, 4.69) is 44.8 Å². The lowest BCUT2D eigenvalue weighted by molar-refractivity contribution is 0.110. The van der Waals surface area contributed by atoms with Crippen molar-refractivity contribution < 1.29 is 4.42 Å². The Morgan fingerprint density at radius 1 is 1.17 bits per heavy atom. The zero-order chi connectivity index (χ0) is 15.8. The second kappa shape index (κ2) is 6.07. The summed E-state index contributed by atoms with van der Waals surface area (Å²) >= 11 is 0. The number of piperidine rings is 1. The van der Waals surface area contributed by atoms with Crippen molar-refractivity contribution >= 4 is 0 Å². The molecule has 0 aromatic carbocycles. The predicted molar refractivity (Wildman–Crippen MR) is 86.0 cm³/mol. The molecule has 1 aliphatic carbocycles. The SMILES string of the molecule is Cc1cc(C)n(C[C@@H]2CCCCN2Cc2nnc(C3CC3)o2)n1. The Kier molecular flexibility index (Phi) is 3.93. The molecule has 0 bridgehead atoms. The lowest BCUT2D eigenvalue weighted by atomic mass is 10.0. The zero-order valence-electron chi connectivity index (χ0n) is 14.0. The topological polar surface area (TPSA) is 60.0 Å². The van der Waals surface area contributed by atoms with E-state index in [0.717, 1.165) is 37.1 Å². The fourth-order valence-electron chi connectivity index (χ4n) is 3.53. The maximum atomic E-state index is 5.85. The summed E-state index contributed by atoms with van der Waals surface area (Å²) in [4.78, 5) is 2.49. The molecule has 1 saturated carbocycles. The summed E-state index contributed by atoms with van der Waals surface area (Å²) in [7, 11) is 0.